The Bertz CT molecular complexity index is 858. The number of piperidine rings is 1. The molecule has 2 heterocycles. The first kappa shape index (κ1) is 19.7. The summed E-state index contributed by atoms with van der Waals surface area (Å²) in [7, 11) is 4.20. The molecule has 1 atom stereocenters. The van der Waals surface area contributed by atoms with Gasteiger partial charge in [0.15, 0.2) is 17.2 Å². The fourth-order valence-electron chi connectivity index (χ4n) is 3.17. The Morgan fingerprint density at radius 2 is 1.96 bits per heavy atom. The molecule has 1 saturated heterocycles. The van der Waals surface area contributed by atoms with Crippen molar-refractivity contribution in [3.63, 3.8) is 0 Å². The van der Waals surface area contributed by atoms with Crippen LogP contribution in [0.3, 0.4) is 0 Å². The molecule has 2 N–H and O–H groups in total. The van der Waals surface area contributed by atoms with Crippen molar-refractivity contribution in [1.29, 1.82) is 0 Å². The van der Waals surface area contributed by atoms with Gasteiger partial charge in [-0.1, -0.05) is 0 Å². The molecule has 1 fully saturated rings. The largest absolute Gasteiger partial charge is 0.493 e. The Morgan fingerprint density at radius 3 is 2.61 bits per heavy atom. The van der Waals surface area contributed by atoms with Crippen molar-refractivity contribution in [2.45, 2.75) is 18.9 Å². The number of aromatic nitrogens is 2. The van der Waals surface area contributed by atoms with Gasteiger partial charge in [0.1, 0.15) is 0 Å². The number of methoxy groups -OCH3 is 3. The highest BCUT2D eigenvalue weighted by Gasteiger charge is 2.22. The summed E-state index contributed by atoms with van der Waals surface area (Å²) in [4.78, 5) is 24.8. The Kier molecular flexibility index (Phi) is 6.15. The van der Waals surface area contributed by atoms with Crippen molar-refractivity contribution in [2.75, 3.05) is 39.7 Å². The molecule has 0 bridgehead atoms. The van der Waals surface area contributed by atoms with Gasteiger partial charge in [-0.15, -0.1) is 0 Å². The van der Waals surface area contributed by atoms with Gasteiger partial charge in [0.05, 0.1) is 38.6 Å². The van der Waals surface area contributed by atoms with Crippen LogP contribution in [0.5, 0.6) is 11.5 Å². The topological polar surface area (TPSA) is 104 Å². The van der Waals surface area contributed by atoms with Crippen molar-refractivity contribution in [3.05, 3.63) is 35.7 Å². The highest BCUT2D eigenvalue weighted by Crippen LogP contribution is 2.34. The molecule has 1 aliphatic rings. The summed E-state index contributed by atoms with van der Waals surface area (Å²) in [6, 6.07) is 4.86. The maximum atomic E-state index is 12.7. The quantitative estimate of drug-likeness (QED) is 0.728. The predicted octanol–water partition coefficient (Wildman–Crippen LogP) is 1.86. The van der Waals surface area contributed by atoms with Gasteiger partial charge in [-0.25, -0.2) is 4.79 Å². The molecule has 0 saturated carbocycles. The van der Waals surface area contributed by atoms with Crippen molar-refractivity contribution in [3.8, 4) is 11.5 Å². The van der Waals surface area contributed by atoms with Crippen LogP contribution < -0.4 is 20.1 Å². The fraction of sp³-hybridized carbons (Fsp3) is 0.421. The second-order valence-electron chi connectivity index (χ2n) is 6.38. The summed E-state index contributed by atoms with van der Waals surface area (Å²) in [5, 5.41) is 10.4. The van der Waals surface area contributed by atoms with Crippen molar-refractivity contribution in [1.82, 2.24) is 15.1 Å². The van der Waals surface area contributed by atoms with E-state index in [9.17, 15) is 9.59 Å². The summed E-state index contributed by atoms with van der Waals surface area (Å²) >= 11 is 0. The molecule has 9 heteroatoms. The lowest BCUT2D eigenvalue weighted by molar-refractivity contribution is 0.0601. The number of carbonyl (C=O) groups is 2. The fourth-order valence-corrected chi connectivity index (χ4v) is 3.17. The van der Waals surface area contributed by atoms with Gasteiger partial charge in [-0.3, -0.25) is 9.48 Å². The molecule has 1 unspecified atom stereocenters. The normalized spacial score (nSPS) is 16.3. The lowest BCUT2D eigenvalue weighted by atomic mass is 10.1. The molecule has 0 aliphatic carbocycles. The number of carbonyl (C=O) groups excluding carboxylic acids is 2. The van der Waals surface area contributed by atoms with E-state index in [-0.39, 0.29) is 23.0 Å². The molecule has 9 nitrogen and oxygen atoms in total. The van der Waals surface area contributed by atoms with E-state index in [1.165, 1.54) is 33.5 Å². The van der Waals surface area contributed by atoms with Crippen molar-refractivity contribution in [2.24, 2.45) is 0 Å². The maximum absolute atomic E-state index is 12.7. The second-order valence-corrected chi connectivity index (χ2v) is 6.38. The number of rotatable bonds is 6. The second kappa shape index (κ2) is 8.75. The smallest absolute Gasteiger partial charge is 0.340 e. The number of benzene rings is 1. The van der Waals surface area contributed by atoms with E-state index in [4.69, 9.17) is 14.2 Å². The number of hydrogen-bond donors (Lipinski definition) is 2. The molecule has 1 aromatic heterocycles. The minimum Gasteiger partial charge on any atom is -0.493 e. The lowest BCUT2D eigenvalue weighted by Gasteiger charge is -2.22. The number of nitrogens with zero attached hydrogens (tertiary/aromatic N) is 2. The zero-order chi connectivity index (χ0) is 20.1. The lowest BCUT2D eigenvalue weighted by Crippen LogP contribution is -2.32. The highest BCUT2D eigenvalue weighted by molar-refractivity contribution is 6.07. The third-order valence-corrected chi connectivity index (χ3v) is 4.66. The molecule has 28 heavy (non-hydrogen) atoms. The summed E-state index contributed by atoms with van der Waals surface area (Å²) < 4.78 is 17.1. The molecule has 0 radical (unpaired) electrons. The number of anilines is 1. The molecule has 0 spiro atoms. The molecular formula is C19H24N4O5. The van der Waals surface area contributed by atoms with Crippen LogP contribution in [0.4, 0.5) is 5.69 Å². The van der Waals surface area contributed by atoms with Gasteiger partial charge in [0.25, 0.3) is 5.91 Å². The van der Waals surface area contributed by atoms with Crippen LogP contribution in [0, 0.1) is 0 Å². The van der Waals surface area contributed by atoms with Crippen LogP contribution in [-0.4, -0.2) is 56.1 Å². The van der Waals surface area contributed by atoms with E-state index in [1.807, 2.05) is 0 Å². The summed E-state index contributed by atoms with van der Waals surface area (Å²) in [5.41, 5.74) is 0.670. The van der Waals surface area contributed by atoms with E-state index in [1.54, 1.807) is 16.9 Å². The van der Waals surface area contributed by atoms with Gasteiger partial charge < -0.3 is 24.8 Å². The molecular weight excluding hydrogens is 364 g/mol. The SMILES string of the molecule is COC(=O)c1cc(OC)c(OC)cc1NC(=O)c1ccn(C2CCCNC2)n1. The van der Waals surface area contributed by atoms with E-state index >= 15 is 0 Å². The molecule has 1 amide bonds. The number of nitrogens with one attached hydrogen (secondary N) is 2. The van der Waals surface area contributed by atoms with Crippen molar-refractivity contribution >= 4 is 17.6 Å². The van der Waals surface area contributed by atoms with Crippen LogP contribution in [-0.2, 0) is 4.74 Å². The Labute approximate surface area is 163 Å². The third-order valence-electron chi connectivity index (χ3n) is 4.66. The van der Waals surface area contributed by atoms with E-state index in [0.717, 1.165) is 25.9 Å². The average Bonchev–Trinajstić information content (AvgIpc) is 3.24. The van der Waals surface area contributed by atoms with Gasteiger partial charge >= 0.3 is 5.97 Å². The third kappa shape index (κ3) is 4.09. The molecule has 1 aromatic carbocycles. The van der Waals surface area contributed by atoms with Crippen molar-refractivity contribution < 1.29 is 23.8 Å². The first-order valence-corrected chi connectivity index (χ1v) is 8.99. The van der Waals surface area contributed by atoms with E-state index in [0.29, 0.717) is 11.5 Å². The van der Waals surface area contributed by atoms with Gasteiger partial charge in [-0.05, 0) is 25.5 Å². The highest BCUT2D eigenvalue weighted by atomic mass is 16.5. The Hall–Kier alpha value is -3.07. The molecule has 1 aliphatic heterocycles. The van der Waals surface area contributed by atoms with Crippen LogP contribution in [0.15, 0.2) is 24.4 Å². The van der Waals surface area contributed by atoms with Gasteiger partial charge in [0.2, 0.25) is 0 Å². The zero-order valence-corrected chi connectivity index (χ0v) is 16.2. The number of ether oxygens (including phenoxy) is 3. The minimum atomic E-state index is -0.602. The standard InChI is InChI=1S/C19H24N4O5/c1-26-16-9-13(19(25)28-3)15(10-17(16)27-2)21-18(24)14-6-8-23(22-14)12-5-4-7-20-11-12/h6,8-10,12,20H,4-5,7,11H2,1-3H3,(H,21,24). The van der Waals surface area contributed by atoms with Crippen LogP contribution in [0.2, 0.25) is 0 Å². The molecule has 2 aromatic rings. The number of amides is 1. The maximum Gasteiger partial charge on any atom is 0.340 e. The van der Waals surface area contributed by atoms with Crippen LogP contribution >= 0.6 is 0 Å². The Morgan fingerprint density at radius 1 is 1.21 bits per heavy atom. The van der Waals surface area contributed by atoms with Crippen LogP contribution in [0.1, 0.15) is 39.7 Å². The predicted molar refractivity (Wildman–Crippen MR) is 102 cm³/mol. The van der Waals surface area contributed by atoms with Gasteiger partial charge in [0, 0.05) is 24.9 Å². The zero-order valence-electron chi connectivity index (χ0n) is 16.2. The number of hydrogen-bond acceptors (Lipinski definition) is 7. The summed E-state index contributed by atoms with van der Waals surface area (Å²) in [6.45, 7) is 1.83. The average molecular weight is 388 g/mol. The summed E-state index contributed by atoms with van der Waals surface area (Å²) in [5.74, 6) is -0.297. The monoisotopic (exact) mass is 388 g/mol. The van der Waals surface area contributed by atoms with Gasteiger partial charge in [-0.2, -0.15) is 5.10 Å². The minimum absolute atomic E-state index is 0.157. The van der Waals surface area contributed by atoms with E-state index in [2.05, 4.69) is 15.7 Å². The molecule has 3 rings (SSSR count). The Balaban J connectivity index is 1.84. The molecule has 150 valence electrons. The summed E-state index contributed by atoms with van der Waals surface area (Å²) in [6.07, 6.45) is 3.88. The first-order valence-electron chi connectivity index (χ1n) is 8.99. The first-order chi connectivity index (χ1) is 13.6. The number of esters is 1. The van der Waals surface area contributed by atoms with Crippen LogP contribution in [0.25, 0.3) is 0 Å². The van der Waals surface area contributed by atoms with E-state index < -0.39 is 11.9 Å².